The Bertz CT molecular complexity index is 480. The van der Waals surface area contributed by atoms with Crippen LogP contribution in [0.5, 0.6) is 0 Å². The summed E-state index contributed by atoms with van der Waals surface area (Å²) in [6, 6.07) is 4.19. The number of halogens is 1. The van der Waals surface area contributed by atoms with E-state index in [-0.39, 0.29) is 29.1 Å². The predicted molar refractivity (Wildman–Crippen MR) is 67.4 cm³/mol. The number of hydrogen-bond donors (Lipinski definition) is 0. The third-order valence-electron chi connectivity index (χ3n) is 2.32. The van der Waals surface area contributed by atoms with Gasteiger partial charge in [0, 0.05) is 11.1 Å². The van der Waals surface area contributed by atoms with Gasteiger partial charge in [-0.15, -0.1) is 11.6 Å². The number of ether oxygens (including phenoxy) is 1. The lowest BCUT2D eigenvalue weighted by Gasteiger charge is -2.07. The van der Waals surface area contributed by atoms with Crippen LogP contribution in [0.15, 0.2) is 18.2 Å². The first kappa shape index (κ1) is 14.4. The van der Waals surface area contributed by atoms with Gasteiger partial charge in [0.15, 0.2) is 12.1 Å². The number of carbonyl (C=O) groups is 3. The molecule has 18 heavy (non-hydrogen) atoms. The Labute approximate surface area is 110 Å². The van der Waals surface area contributed by atoms with Gasteiger partial charge in [0.05, 0.1) is 17.5 Å². The number of carbonyl (C=O) groups excluding carboxylic acids is 3. The van der Waals surface area contributed by atoms with Crippen molar-refractivity contribution in [1.29, 1.82) is 0 Å². The van der Waals surface area contributed by atoms with Gasteiger partial charge in [-0.25, -0.2) is 4.79 Å². The first-order chi connectivity index (χ1) is 8.51. The second kappa shape index (κ2) is 6.31. The highest BCUT2D eigenvalue weighted by molar-refractivity contribution is 6.34. The zero-order valence-corrected chi connectivity index (χ0v) is 10.9. The largest absolute Gasteiger partial charge is 0.462 e. The molecule has 4 nitrogen and oxygen atoms in total. The molecule has 0 spiro atoms. The van der Waals surface area contributed by atoms with Crippen LogP contribution in [0.3, 0.4) is 0 Å². The monoisotopic (exact) mass is 268 g/mol. The van der Waals surface area contributed by atoms with Crippen molar-refractivity contribution in [2.45, 2.75) is 19.2 Å². The Hall–Kier alpha value is -1.68. The Morgan fingerprint density at radius 1 is 1.44 bits per heavy atom. The molecule has 1 aromatic carbocycles. The highest BCUT2D eigenvalue weighted by Crippen LogP contribution is 2.15. The van der Waals surface area contributed by atoms with Crippen LogP contribution in [0.4, 0.5) is 0 Å². The van der Waals surface area contributed by atoms with Crippen molar-refractivity contribution >= 4 is 29.6 Å². The van der Waals surface area contributed by atoms with Crippen molar-refractivity contribution in [2.75, 3.05) is 6.61 Å². The lowest BCUT2D eigenvalue weighted by atomic mass is 10.00. The van der Waals surface area contributed by atoms with Crippen LogP contribution in [0.1, 0.15) is 44.9 Å². The molecule has 1 unspecified atom stereocenters. The molecule has 0 aromatic heterocycles. The highest BCUT2D eigenvalue weighted by atomic mass is 35.5. The summed E-state index contributed by atoms with van der Waals surface area (Å²) in [5.74, 6) is -0.882. The second-order valence-corrected chi connectivity index (χ2v) is 4.28. The molecule has 0 aliphatic rings. The van der Waals surface area contributed by atoms with Gasteiger partial charge in [0.2, 0.25) is 0 Å². The van der Waals surface area contributed by atoms with E-state index in [1.807, 2.05) is 0 Å². The first-order valence-electron chi connectivity index (χ1n) is 5.45. The Morgan fingerprint density at radius 3 is 2.61 bits per heavy atom. The molecule has 0 aliphatic carbocycles. The number of ketones is 1. The van der Waals surface area contributed by atoms with Gasteiger partial charge in [-0.05, 0) is 32.0 Å². The van der Waals surface area contributed by atoms with Crippen LogP contribution < -0.4 is 0 Å². The van der Waals surface area contributed by atoms with Crippen molar-refractivity contribution < 1.29 is 19.1 Å². The number of alkyl halides is 1. The van der Waals surface area contributed by atoms with E-state index in [1.165, 1.54) is 25.1 Å². The van der Waals surface area contributed by atoms with Gasteiger partial charge in [0.1, 0.15) is 0 Å². The number of benzene rings is 1. The molecule has 1 aromatic rings. The van der Waals surface area contributed by atoms with Crippen LogP contribution >= 0.6 is 11.6 Å². The smallest absolute Gasteiger partial charge is 0.338 e. The summed E-state index contributed by atoms with van der Waals surface area (Å²) in [5.41, 5.74) is 0.580. The van der Waals surface area contributed by atoms with Crippen molar-refractivity contribution in [2.24, 2.45) is 0 Å². The number of hydrogen-bond acceptors (Lipinski definition) is 4. The molecule has 0 bridgehead atoms. The third-order valence-corrected chi connectivity index (χ3v) is 2.51. The van der Waals surface area contributed by atoms with Crippen molar-refractivity contribution in [3.05, 3.63) is 34.9 Å². The molecule has 0 fully saturated rings. The lowest BCUT2D eigenvalue weighted by molar-refractivity contribution is 0.0526. The van der Waals surface area contributed by atoms with Crippen LogP contribution in [0.2, 0.25) is 0 Å². The van der Waals surface area contributed by atoms with E-state index in [1.54, 1.807) is 6.92 Å². The minimum absolute atomic E-state index is 0.137. The summed E-state index contributed by atoms with van der Waals surface area (Å²) in [5, 5.41) is -0.725. The molecule has 0 saturated heterocycles. The molecule has 0 radical (unpaired) electrons. The number of esters is 1. The van der Waals surface area contributed by atoms with Gasteiger partial charge in [-0.2, -0.15) is 0 Å². The predicted octanol–water partition coefficient (Wildman–Crippen LogP) is 2.49. The maximum Gasteiger partial charge on any atom is 0.338 e. The average molecular weight is 269 g/mol. The Kier molecular flexibility index (Phi) is 5.04. The maximum atomic E-state index is 11.7. The van der Waals surface area contributed by atoms with E-state index < -0.39 is 11.3 Å². The molecular weight excluding hydrogens is 256 g/mol. The molecule has 5 heteroatoms. The van der Waals surface area contributed by atoms with Crippen LogP contribution in [0.25, 0.3) is 0 Å². The molecule has 1 atom stereocenters. The van der Waals surface area contributed by atoms with Gasteiger partial charge in [0.25, 0.3) is 0 Å². The molecule has 0 heterocycles. The number of rotatable bonds is 5. The zero-order valence-electron chi connectivity index (χ0n) is 10.1. The van der Waals surface area contributed by atoms with Crippen molar-refractivity contribution in [1.82, 2.24) is 0 Å². The summed E-state index contributed by atoms with van der Waals surface area (Å²) in [6.07, 6.45) is 0.523. The van der Waals surface area contributed by atoms with Gasteiger partial charge in [-0.1, -0.05) is 0 Å². The van der Waals surface area contributed by atoms with Crippen LogP contribution in [0, 0.1) is 0 Å². The zero-order chi connectivity index (χ0) is 13.7. The van der Waals surface area contributed by atoms with Crippen LogP contribution in [-0.4, -0.2) is 30.0 Å². The van der Waals surface area contributed by atoms with Crippen molar-refractivity contribution in [3.8, 4) is 0 Å². The summed E-state index contributed by atoms with van der Waals surface area (Å²) in [4.78, 5) is 34.1. The van der Waals surface area contributed by atoms with Crippen LogP contribution in [-0.2, 0) is 4.74 Å². The summed E-state index contributed by atoms with van der Waals surface area (Å²) < 4.78 is 4.81. The summed E-state index contributed by atoms with van der Waals surface area (Å²) >= 11 is 5.69. The molecule has 0 amide bonds. The van der Waals surface area contributed by atoms with E-state index in [9.17, 15) is 14.4 Å². The standard InChI is InChI=1S/C13H13ClO4/c1-3-18-13(17)9-4-5-11(10(6-9)7-15)12(16)8(2)14/h4-8H,3H2,1-2H3. The van der Waals surface area contributed by atoms with E-state index in [0.29, 0.717) is 6.29 Å². The lowest BCUT2D eigenvalue weighted by Crippen LogP contribution is -2.14. The Morgan fingerprint density at radius 2 is 2.11 bits per heavy atom. The normalized spacial score (nSPS) is 11.7. The minimum atomic E-state index is -0.725. The average Bonchev–Trinajstić information content (AvgIpc) is 2.37. The van der Waals surface area contributed by atoms with E-state index >= 15 is 0 Å². The molecule has 0 aliphatic heterocycles. The van der Waals surface area contributed by atoms with Gasteiger partial charge in [-0.3, -0.25) is 9.59 Å². The topological polar surface area (TPSA) is 60.4 Å². The molecule has 96 valence electrons. The fourth-order valence-electron chi connectivity index (χ4n) is 1.44. The fraction of sp³-hybridized carbons (Fsp3) is 0.308. The highest BCUT2D eigenvalue weighted by Gasteiger charge is 2.18. The minimum Gasteiger partial charge on any atom is -0.462 e. The SMILES string of the molecule is CCOC(=O)c1ccc(C(=O)C(C)Cl)c(C=O)c1. The molecular formula is C13H13ClO4. The first-order valence-corrected chi connectivity index (χ1v) is 5.89. The van der Waals surface area contributed by atoms with E-state index in [0.717, 1.165) is 0 Å². The maximum absolute atomic E-state index is 11.7. The van der Waals surface area contributed by atoms with Gasteiger partial charge < -0.3 is 4.74 Å². The molecule has 0 saturated carbocycles. The summed E-state index contributed by atoms with van der Waals surface area (Å²) in [6.45, 7) is 3.46. The Balaban J connectivity index is 3.15. The molecule has 0 N–H and O–H groups in total. The number of Topliss-reactive ketones (excluding diaryl/α,β-unsaturated/α-hetero) is 1. The third kappa shape index (κ3) is 3.17. The van der Waals surface area contributed by atoms with E-state index in [4.69, 9.17) is 16.3 Å². The van der Waals surface area contributed by atoms with E-state index in [2.05, 4.69) is 0 Å². The quantitative estimate of drug-likeness (QED) is 0.356. The fourth-order valence-corrected chi connectivity index (χ4v) is 1.56. The van der Waals surface area contributed by atoms with Crippen molar-refractivity contribution in [3.63, 3.8) is 0 Å². The van der Waals surface area contributed by atoms with Gasteiger partial charge >= 0.3 is 5.97 Å². The molecule has 1 rings (SSSR count). The summed E-state index contributed by atoms with van der Waals surface area (Å²) in [7, 11) is 0. The number of aldehydes is 1. The second-order valence-electron chi connectivity index (χ2n) is 3.62.